The van der Waals surface area contributed by atoms with E-state index >= 15 is 0 Å². The Bertz CT molecular complexity index is 1530. The lowest BCUT2D eigenvalue weighted by Crippen LogP contribution is -2.24. The van der Waals surface area contributed by atoms with Gasteiger partial charge in [0.1, 0.15) is 34.1 Å². The second-order valence-electron chi connectivity index (χ2n) is 9.41. The molecule has 4 aromatic carbocycles. The van der Waals surface area contributed by atoms with Crippen LogP contribution in [-0.2, 0) is 5.41 Å². The predicted molar refractivity (Wildman–Crippen MR) is 146 cm³/mol. The third kappa shape index (κ3) is 5.57. The van der Waals surface area contributed by atoms with Gasteiger partial charge in [-0.1, -0.05) is 62.4 Å². The van der Waals surface area contributed by atoms with E-state index in [4.69, 9.17) is 9.47 Å². The second kappa shape index (κ2) is 11.2. The first-order chi connectivity index (χ1) is 19.4. The third-order valence-corrected chi connectivity index (χ3v) is 6.48. The summed E-state index contributed by atoms with van der Waals surface area (Å²) in [6, 6.07) is 21.3. The molecular weight excluding hydrogens is 532 g/mol. The average Bonchev–Trinajstić information content (AvgIpc) is 2.93. The highest BCUT2D eigenvalue weighted by Gasteiger charge is 2.37. The zero-order valence-corrected chi connectivity index (χ0v) is 21.8. The van der Waals surface area contributed by atoms with Crippen LogP contribution in [0.3, 0.4) is 0 Å². The van der Waals surface area contributed by atoms with Gasteiger partial charge in [0.2, 0.25) is 0 Å². The number of hydrogen-bond donors (Lipinski definition) is 4. The van der Waals surface area contributed by atoms with Crippen LogP contribution in [0.15, 0.2) is 84.9 Å². The summed E-state index contributed by atoms with van der Waals surface area (Å²) in [6.07, 6.45) is 0. The topological polar surface area (TPSA) is 168 Å². The predicted octanol–water partition coefficient (Wildman–Crippen LogP) is 6.39. The number of carboxylic acid groups (broad SMARTS) is 4. The Hall–Kier alpha value is -5.64. The van der Waals surface area contributed by atoms with E-state index in [1.165, 1.54) is 12.1 Å². The van der Waals surface area contributed by atoms with Crippen molar-refractivity contribution in [3.05, 3.63) is 118 Å². The lowest BCUT2D eigenvalue weighted by Gasteiger charge is -2.31. The molecule has 0 atom stereocenters. The molecule has 4 N–H and O–H groups in total. The fraction of sp³-hybridized carbons (Fsp3) is 0.0968. The van der Waals surface area contributed by atoms with Gasteiger partial charge in [-0.05, 0) is 36.4 Å². The Labute approximate surface area is 233 Å². The van der Waals surface area contributed by atoms with Gasteiger partial charge in [-0.15, -0.1) is 0 Å². The van der Waals surface area contributed by atoms with Crippen LogP contribution < -0.4 is 9.47 Å². The summed E-state index contributed by atoms with van der Waals surface area (Å²) in [4.78, 5) is 48.8. The number of aromatic carboxylic acids is 4. The van der Waals surface area contributed by atoms with Crippen LogP contribution in [0.2, 0.25) is 0 Å². The molecular formula is C31H24O10. The molecule has 4 aromatic rings. The van der Waals surface area contributed by atoms with Crippen LogP contribution in [-0.4, -0.2) is 44.3 Å². The minimum atomic E-state index is -1.56. The fourth-order valence-corrected chi connectivity index (χ4v) is 4.50. The molecule has 0 amide bonds. The van der Waals surface area contributed by atoms with Crippen molar-refractivity contribution < 1.29 is 49.1 Å². The SMILES string of the molecule is CC(C)(c1ccc(C(=O)O)c(C(=O)O)c1Oc1ccccc1)c1ccc(C(=O)O)c(C(=O)O)c1Oc1ccccc1. The Morgan fingerprint density at radius 2 is 0.854 bits per heavy atom. The molecule has 0 saturated heterocycles. The summed E-state index contributed by atoms with van der Waals surface area (Å²) in [5.41, 5.74) is -3.22. The molecule has 0 heterocycles. The van der Waals surface area contributed by atoms with Crippen molar-refractivity contribution in [1.29, 1.82) is 0 Å². The lowest BCUT2D eigenvalue weighted by molar-refractivity contribution is 0.0648. The molecule has 0 bridgehead atoms. The van der Waals surface area contributed by atoms with Gasteiger partial charge in [0, 0.05) is 16.5 Å². The van der Waals surface area contributed by atoms with E-state index in [9.17, 15) is 39.6 Å². The van der Waals surface area contributed by atoms with E-state index < -0.39 is 51.5 Å². The monoisotopic (exact) mass is 556 g/mol. The van der Waals surface area contributed by atoms with Crippen molar-refractivity contribution >= 4 is 23.9 Å². The third-order valence-electron chi connectivity index (χ3n) is 6.48. The minimum absolute atomic E-state index is 0.182. The smallest absolute Gasteiger partial charge is 0.340 e. The van der Waals surface area contributed by atoms with Gasteiger partial charge in [0.25, 0.3) is 0 Å². The van der Waals surface area contributed by atoms with Crippen molar-refractivity contribution in [2.24, 2.45) is 0 Å². The molecule has 0 aliphatic carbocycles. The van der Waals surface area contributed by atoms with E-state index in [-0.39, 0.29) is 34.1 Å². The Balaban J connectivity index is 2.06. The normalized spacial score (nSPS) is 11.0. The van der Waals surface area contributed by atoms with E-state index in [0.29, 0.717) is 0 Å². The number of rotatable bonds is 10. The highest BCUT2D eigenvalue weighted by Crippen LogP contribution is 2.47. The highest BCUT2D eigenvalue weighted by molar-refractivity contribution is 6.05. The number of ether oxygens (including phenoxy) is 2. The molecule has 0 saturated carbocycles. The summed E-state index contributed by atoms with van der Waals surface area (Å²) in [5.74, 6) is -6.20. The zero-order chi connectivity index (χ0) is 29.9. The average molecular weight is 557 g/mol. The second-order valence-corrected chi connectivity index (χ2v) is 9.41. The van der Waals surface area contributed by atoms with Crippen LogP contribution in [0.25, 0.3) is 0 Å². The van der Waals surface area contributed by atoms with Crippen molar-refractivity contribution in [2.45, 2.75) is 19.3 Å². The van der Waals surface area contributed by atoms with Gasteiger partial charge in [0.05, 0.1) is 11.1 Å². The Morgan fingerprint density at radius 1 is 0.512 bits per heavy atom. The van der Waals surface area contributed by atoms with E-state index in [2.05, 4.69) is 0 Å². The number of carboxylic acids is 4. The molecule has 41 heavy (non-hydrogen) atoms. The maximum Gasteiger partial charge on any atom is 0.340 e. The number of para-hydroxylation sites is 2. The van der Waals surface area contributed by atoms with Crippen LogP contribution in [0.5, 0.6) is 23.0 Å². The van der Waals surface area contributed by atoms with Gasteiger partial charge >= 0.3 is 23.9 Å². The van der Waals surface area contributed by atoms with Crippen molar-refractivity contribution in [1.82, 2.24) is 0 Å². The maximum absolute atomic E-state index is 12.4. The number of benzene rings is 4. The van der Waals surface area contributed by atoms with Gasteiger partial charge in [-0.2, -0.15) is 0 Å². The quantitative estimate of drug-likeness (QED) is 0.172. The van der Waals surface area contributed by atoms with E-state index in [1.54, 1.807) is 74.5 Å². The zero-order valence-electron chi connectivity index (χ0n) is 21.8. The van der Waals surface area contributed by atoms with E-state index in [1.807, 2.05) is 0 Å². The van der Waals surface area contributed by atoms with Gasteiger partial charge in [0.15, 0.2) is 0 Å². The first-order valence-corrected chi connectivity index (χ1v) is 12.2. The van der Waals surface area contributed by atoms with Gasteiger partial charge in [-0.25, -0.2) is 19.2 Å². The Morgan fingerprint density at radius 3 is 1.15 bits per heavy atom. The summed E-state index contributed by atoms with van der Waals surface area (Å²) in [7, 11) is 0. The van der Waals surface area contributed by atoms with Crippen LogP contribution in [0.4, 0.5) is 0 Å². The Kier molecular flexibility index (Phi) is 7.77. The maximum atomic E-state index is 12.4. The summed E-state index contributed by atoms with van der Waals surface area (Å²) in [5, 5.41) is 39.7. The molecule has 208 valence electrons. The molecule has 0 fully saturated rings. The summed E-state index contributed by atoms with van der Waals surface area (Å²) >= 11 is 0. The van der Waals surface area contributed by atoms with Crippen LogP contribution in [0.1, 0.15) is 66.4 Å². The molecule has 0 radical (unpaired) electrons. The molecule has 10 heteroatoms. The number of hydrogen-bond acceptors (Lipinski definition) is 6. The lowest BCUT2D eigenvalue weighted by atomic mass is 9.75. The van der Waals surface area contributed by atoms with Crippen molar-refractivity contribution in [3.8, 4) is 23.0 Å². The molecule has 0 aliphatic rings. The largest absolute Gasteiger partial charge is 0.478 e. The molecule has 0 unspecified atom stereocenters. The van der Waals surface area contributed by atoms with Crippen molar-refractivity contribution in [2.75, 3.05) is 0 Å². The van der Waals surface area contributed by atoms with Crippen molar-refractivity contribution in [3.63, 3.8) is 0 Å². The summed E-state index contributed by atoms with van der Waals surface area (Å²) < 4.78 is 12.0. The molecule has 4 rings (SSSR count). The fourth-order valence-electron chi connectivity index (χ4n) is 4.50. The molecule has 0 aliphatic heterocycles. The molecule has 10 nitrogen and oxygen atoms in total. The van der Waals surface area contributed by atoms with Gasteiger partial charge < -0.3 is 29.9 Å². The minimum Gasteiger partial charge on any atom is -0.478 e. The summed E-state index contributed by atoms with van der Waals surface area (Å²) in [6.45, 7) is 3.26. The first-order valence-electron chi connectivity index (χ1n) is 12.2. The molecule has 0 aromatic heterocycles. The van der Waals surface area contributed by atoms with Crippen LogP contribution >= 0.6 is 0 Å². The highest BCUT2D eigenvalue weighted by atomic mass is 16.5. The first kappa shape index (κ1) is 28.4. The van der Waals surface area contributed by atoms with Gasteiger partial charge in [-0.3, -0.25) is 0 Å². The van der Waals surface area contributed by atoms with E-state index in [0.717, 1.165) is 12.1 Å². The van der Waals surface area contributed by atoms with Crippen LogP contribution in [0, 0.1) is 0 Å². The standard InChI is InChI=1S/C31H24O10/c1-31(2,21-15-13-19(27(32)33)23(29(36)37)25(21)40-17-9-5-3-6-10-17)22-16-14-20(28(34)35)24(30(38)39)26(22)41-18-11-7-4-8-12-18/h3-16H,1-2H3,(H,32,33)(H,34,35)(H,36,37)(H,38,39). The molecule has 0 spiro atoms. The number of carbonyl (C=O) groups is 4.